The zero-order valence-electron chi connectivity index (χ0n) is 17.0. The van der Waals surface area contributed by atoms with Crippen molar-refractivity contribution in [1.29, 1.82) is 0 Å². The number of rotatable bonds is 8. The molecule has 6 nitrogen and oxygen atoms in total. The Morgan fingerprint density at radius 1 is 1.17 bits per heavy atom. The normalized spacial score (nSPS) is 14.6. The molecule has 29 heavy (non-hydrogen) atoms. The maximum Gasteiger partial charge on any atom is 0.232 e. The van der Waals surface area contributed by atoms with Gasteiger partial charge in [-0.3, -0.25) is 14.6 Å². The molecule has 1 aromatic heterocycles. The molecule has 1 saturated heterocycles. The summed E-state index contributed by atoms with van der Waals surface area (Å²) in [5.74, 6) is 2.04. The third-order valence-corrected chi connectivity index (χ3v) is 6.16. The summed E-state index contributed by atoms with van der Waals surface area (Å²) in [6, 6.07) is 9.56. The first-order chi connectivity index (χ1) is 14.1. The molecule has 0 unspecified atom stereocenters. The molecule has 0 radical (unpaired) electrons. The number of methoxy groups -OCH3 is 1. The van der Waals surface area contributed by atoms with E-state index in [2.05, 4.69) is 17.1 Å². The third-order valence-electron chi connectivity index (χ3n) is 5.20. The van der Waals surface area contributed by atoms with E-state index in [0.717, 1.165) is 44.0 Å². The summed E-state index contributed by atoms with van der Waals surface area (Å²) >= 11 is 1.57. The van der Waals surface area contributed by atoms with Crippen LogP contribution >= 0.6 is 11.8 Å². The Morgan fingerprint density at radius 3 is 2.55 bits per heavy atom. The lowest BCUT2D eigenvalue weighted by Crippen LogP contribution is -3.13. The molecule has 154 valence electrons. The minimum Gasteiger partial charge on any atom is -0.496 e. The first kappa shape index (κ1) is 21.3. The predicted octanol–water partition coefficient (Wildman–Crippen LogP) is 1.45. The molecule has 1 fully saturated rings. The van der Waals surface area contributed by atoms with Gasteiger partial charge in [0.1, 0.15) is 12.3 Å². The number of amides is 1. The number of nitrogens with zero attached hydrogens (tertiary/aromatic N) is 2. The van der Waals surface area contributed by atoms with Crippen LogP contribution in [-0.2, 0) is 17.1 Å². The number of pyridine rings is 1. The number of carbonyl (C=O) groups excluding carboxylic acids is 2. The van der Waals surface area contributed by atoms with E-state index in [1.165, 1.54) is 10.5 Å². The van der Waals surface area contributed by atoms with Crippen molar-refractivity contribution in [2.75, 3.05) is 39.0 Å². The number of Topliss-reactive ketones (excluding diaryl/α,β-unsaturated/α-hetero) is 1. The summed E-state index contributed by atoms with van der Waals surface area (Å²) in [5.41, 5.74) is 2.90. The van der Waals surface area contributed by atoms with Crippen LogP contribution in [0, 0.1) is 0 Å². The second kappa shape index (κ2) is 10.4. The van der Waals surface area contributed by atoms with Gasteiger partial charge in [0.25, 0.3) is 0 Å². The molecule has 0 bridgehead atoms. The lowest BCUT2D eigenvalue weighted by molar-refractivity contribution is -0.917. The van der Waals surface area contributed by atoms with Gasteiger partial charge in [-0.25, -0.2) is 0 Å². The topological polar surface area (TPSA) is 63.9 Å². The summed E-state index contributed by atoms with van der Waals surface area (Å²) < 4.78 is 5.39. The average Bonchev–Trinajstić information content (AvgIpc) is 2.74. The smallest absolute Gasteiger partial charge is 0.232 e. The summed E-state index contributed by atoms with van der Waals surface area (Å²) in [7, 11) is 1.62. The van der Waals surface area contributed by atoms with Crippen molar-refractivity contribution in [2.45, 2.75) is 19.2 Å². The Balaban J connectivity index is 1.45. The molecule has 0 atom stereocenters. The lowest BCUT2D eigenvalue weighted by Gasteiger charge is -2.32. The number of hydrogen-bond donors (Lipinski definition) is 1. The highest BCUT2D eigenvalue weighted by Gasteiger charge is 2.23. The Bertz CT molecular complexity index is 836. The fourth-order valence-corrected chi connectivity index (χ4v) is 4.39. The Kier molecular flexibility index (Phi) is 7.66. The first-order valence-corrected chi connectivity index (χ1v) is 11.0. The second-order valence-electron chi connectivity index (χ2n) is 7.24. The van der Waals surface area contributed by atoms with Crippen molar-refractivity contribution in [3.05, 3.63) is 59.4 Å². The molecule has 1 aromatic carbocycles. The molecule has 1 amide bonds. The number of ketones is 1. The van der Waals surface area contributed by atoms with E-state index in [9.17, 15) is 9.59 Å². The van der Waals surface area contributed by atoms with Gasteiger partial charge in [0.15, 0.2) is 5.78 Å². The summed E-state index contributed by atoms with van der Waals surface area (Å²) in [4.78, 5) is 31.7. The van der Waals surface area contributed by atoms with Gasteiger partial charge >= 0.3 is 0 Å². The zero-order valence-corrected chi connectivity index (χ0v) is 17.8. The maximum absolute atomic E-state index is 12.6. The Labute approximate surface area is 176 Å². The van der Waals surface area contributed by atoms with E-state index in [4.69, 9.17) is 4.74 Å². The monoisotopic (exact) mass is 414 g/mol. The van der Waals surface area contributed by atoms with Crippen LogP contribution in [0.3, 0.4) is 0 Å². The van der Waals surface area contributed by atoms with E-state index in [1.807, 2.05) is 29.4 Å². The second-order valence-corrected chi connectivity index (χ2v) is 8.22. The SMILES string of the molecule is COc1ccc(C(C)=O)cc1CSCC(=O)N1CC[NH+](Cc2ccncc2)CC1. The number of thioether (sulfide) groups is 1. The van der Waals surface area contributed by atoms with Crippen LogP contribution in [-0.4, -0.2) is 60.6 Å². The third kappa shape index (κ3) is 6.05. The molecular formula is C22H28N3O3S+. The first-order valence-electron chi connectivity index (χ1n) is 9.82. The molecule has 2 aromatic rings. The molecule has 0 aliphatic carbocycles. The zero-order chi connectivity index (χ0) is 20.6. The molecule has 1 aliphatic heterocycles. The van der Waals surface area contributed by atoms with E-state index in [-0.39, 0.29) is 11.7 Å². The van der Waals surface area contributed by atoms with E-state index >= 15 is 0 Å². The van der Waals surface area contributed by atoms with Crippen LogP contribution in [0.15, 0.2) is 42.7 Å². The highest BCUT2D eigenvalue weighted by Crippen LogP contribution is 2.25. The molecule has 0 spiro atoms. The minimum absolute atomic E-state index is 0.0297. The summed E-state index contributed by atoms with van der Waals surface area (Å²) in [6.45, 7) is 6.05. The van der Waals surface area contributed by atoms with Crippen molar-refractivity contribution >= 4 is 23.5 Å². The predicted molar refractivity (Wildman–Crippen MR) is 114 cm³/mol. The van der Waals surface area contributed by atoms with Crippen molar-refractivity contribution in [3.8, 4) is 5.75 Å². The van der Waals surface area contributed by atoms with Crippen LogP contribution in [0.4, 0.5) is 0 Å². The molecule has 0 saturated carbocycles. The quantitative estimate of drug-likeness (QED) is 0.663. The largest absolute Gasteiger partial charge is 0.496 e. The molecule has 1 N–H and O–H groups in total. The number of aromatic nitrogens is 1. The highest BCUT2D eigenvalue weighted by atomic mass is 32.2. The van der Waals surface area contributed by atoms with Crippen LogP contribution in [0.1, 0.15) is 28.4 Å². The average molecular weight is 415 g/mol. The van der Waals surface area contributed by atoms with E-state index < -0.39 is 0 Å². The number of hydrogen-bond acceptors (Lipinski definition) is 5. The van der Waals surface area contributed by atoms with E-state index in [0.29, 0.717) is 17.1 Å². The van der Waals surface area contributed by atoms with Gasteiger partial charge in [-0.2, -0.15) is 0 Å². The van der Waals surface area contributed by atoms with Crippen molar-refractivity contribution in [2.24, 2.45) is 0 Å². The Hall–Kier alpha value is -2.38. The van der Waals surface area contributed by atoms with Crippen LogP contribution in [0.2, 0.25) is 0 Å². The molecule has 3 rings (SSSR count). The van der Waals surface area contributed by atoms with Gasteiger partial charge in [0, 0.05) is 34.8 Å². The molecule has 7 heteroatoms. The number of nitrogens with one attached hydrogen (secondary N) is 1. The van der Waals surface area contributed by atoms with Crippen molar-refractivity contribution in [3.63, 3.8) is 0 Å². The number of quaternary nitrogens is 1. The fourth-order valence-electron chi connectivity index (χ4n) is 3.49. The number of carbonyl (C=O) groups is 2. The summed E-state index contributed by atoms with van der Waals surface area (Å²) in [5, 5.41) is 0. The molecule has 1 aliphatic rings. The number of ether oxygens (including phenoxy) is 1. The lowest BCUT2D eigenvalue weighted by atomic mass is 10.1. The van der Waals surface area contributed by atoms with E-state index in [1.54, 1.807) is 31.9 Å². The minimum atomic E-state index is 0.0297. The molecular weight excluding hydrogens is 386 g/mol. The van der Waals surface area contributed by atoms with Gasteiger partial charge in [-0.05, 0) is 37.3 Å². The fraction of sp³-hybridized carbons (Fsp3) is 0.409. The van der Waals surface area contributed by atoms with Crippen molar-refractivity contribution in [1.82, 2.24) is 9.88 Å². The van der Waals surface area contributed by atoms with Gasteiger partial charge in [0.05, 0.1) is 39.0 Å². The maximum atomic E-state index is 12.6. The van der Waals surface area contributed by atoms with Gasteiger partial charge < -0.3 is 14.5 Å². The number of benzene rings is 1. The Morgan fingerprint density at radius 2 is 1.90 bits per heavy atom. The highest BCUT2D eigenvalue weighted by molar-refractivity contribution is 7.99. The van der Waals surface area contributed by atoms with Gasteiger partial charge in [-0.1, -0.05) is 0 Å². The van der Waals surface area contributed by atoms with Gasteiger partial charge in [-0.15, -0.1) is 11.8 Å². The van der Waals surface area contributed by atoms with Crippen LogP contribution in [0.5, 0.6) is 5.75 Å². The van der Waals surface area contributed by atoms with Crippen LogP contribution < -0.4 is 9.64 Å². The standard InChI is InChI=1S/C22H27N3O3S/c1-17(26)19-3-4-21(28-2)20(13-19)15-29-16-22(27)25-11-9-24(10-12-25)14-18-5-7-23-8-6-18/h3-8,13H,9-12,14-16H2,1-2H3/p+1. The van der Waals surface area contributed by atoms with Crippen LogP contribution in [0.25, 0.3) is 0 Å². The summed E-state index contributed by atoms with van der Waals surface area (Å²) in [6.07, 6.45) is 3.65. The molecule has 2 heterocycles. The van der Waals surface area contributed by atoms with Crippen molar-refractivity contribution < 1.29 is 19.2 Å². The number of piperazine rings is 1. The van der Waals surface area contributed by atoms with Gasteiger partial charge in [0.2, 0.25) is 5.91 Å².